The van der Waals surface area contributed by atoms with Crippen LogP contribution in [-0.2, 0) is 0 Å². The molecular formula is C17H22ClNO. The molecule has 3 heteroatoms. The molecule has 0 heterocycles. The average molecular weight is 292 g/mol. The van der Waals surface area contributed by atoms with Gasteiger partial charge in [-0.15, -0.1) is 0 Å². The number of ether oxygens (including phenoxy) is 1. The Labute approximate surface area is 126 Å². The minimum absolute atomic E-state index is 0.420. The van der Waals surface area contributed by atoms with E-state index in [4.69, 9.17) is 16.3 Å². The van der Waals surface area contributed by atoms with Crippen molar-refractivity contribution in [2.45, 2.75) is 38.6 Å². The molecule has 108 valence electrons. The van der Waals surface area contributed by atoms with E-state index in [1.807, 2.05) is 24.3 Å². The van der Waals surface area contributed by atoms with Crippen molar-refractivity contribution >= 4 is 11.6 Å². The first kappa shape index (κ1) is 15.2. The number of hydrogen-bond donors (Lipinski definition) is 1. The second kappa shape index (κ2) is 8.19. The Morgan fingerprint density at radius 3 is 2.70 bits per heavy atom. The second-order valence-electron chi connectivity index (χ2n) is 5.35. The molecule has 1 aromatic rings. The van der Waals surface area contributed by atoms with Crippen LogP contribution in [0.25, 0.3) is 0 Å². The Kier molecular flexibility index (Phi) is 6.24. The van der Waals surface area contributed by atoms with Crippen molar-refractivity contribution in [1.82, 2.24) is 5.32 Å². The number of benzene rings is 1. The Morgan fingerprint density at radius 2 is 1.95 bits per heavy atom. The minimum atomic E-state index is 0.420. The van der Waals surface area contributed by atoms with Gasteiger partial charge in [0.05, 0.1) is 6.54 Å². The summed E-state index contributed by atoms with van der Waals surface area (Å²) in [7, 11) is 0. The first-order chi connectivity index (χ1) is 9.75. The van der Waals surface area contributed by atoms with Crippen LogP contribution >= 0.6 is 11.6 Å². The van der Waals surface area contributed by atoms with Crippen molar-refractivity contribution in [2.75, 3.05) is 13.2 Å². The lowest BCUT2D eigenvalue weighted by Crippen LogP contribution is -2.37. The van der Waals surface area contributed by atoms with E-state index < -0.39 is 0 Å². The molecule has 1 fully saturated rings. The van der Waals surface area contributed by atoms with Gasteiger partial charge in [0.15, 0.2) is 0 Å². The molecule has 0 aliphatic heterocycles. The molecule has 0 aromatic heterocycles. The maximum absolute atomic E-state index is 5.81. The standard InChI is InChI=1S/C17H22ClNO/c1-14-6-2-3-7-17(14)19-12-4-5-13-20-16-10-8-15(18)9-11-16/h8-11,14,17,19H,2-3,6-7,12-13H2,1H3/t14-,17-/m0/s1. The summed E-state index contributed by atoms with van der Waals surface area (Å²) in [6.07, 6.45) is 5.34. The number of halogens is 1. The summed E-state index contributed by atoms with van der Waals surface area (Å²) in [5.41, 5.74) is 0. The normalized spacial score (nSPS) is 21.9. The third-order valence-electron chi connectivity index (χ3n) is 3.81. The fourth-order valence-corrected chi connectivity index (χ4v) is 2.69. The summed E-state index contributed by atoms with van der Waals surface area (Å²) >= 11 is 5.81. The first-order valence-electron chi connectivity index (χ1n) is 7.33. The molecule has 0 amide bonds. The van der Waals surface area contributed by atoms with Gasteiger partial charge in [-0.3, -0.25) is 0 Å². The van der Waals surface area contributed by atoms with Crippen molar-refractivity contribution in [3.8, 4) is 17.6 Å². The Bertz CT molecular complexity index is 460. The van der Waals surface area contributed by atoms with Gasteiger partial charge in [-0.25, -0.2) is 0 Å². The smallest absolute Gasteiger partial charge is 0.149 e. The third-order valence-corrected chi connectivity index (χ3v) is 4.07. The lowest BCUT2D eigenvalue weighted by molar-refractivity contribution is 0.289. The Balaban J connectivity index is 1.63. The van der Waals surface area contributed by atoms with Gasteiger partial charge in [-0.2, -0.15) is 0 Å². The zero-order valence-corrected chi connectivity index (χ0v) is 12.7. The van der Waals surface area contributed by atoms with Crippen molar-refractivity contribution in [3.05, 3.63) is 29.3 Å². The fourth-order valence-electron chi connectivity index (χ4n) is 2.57. The van der Waals surface area contributed by atoms with E-state index in [1.54, 1.807) is 0 Å². The Hall–Kier alpha value is -1.17. The summed E-state index contributed by atoms with van der Waals surface area (Å²) in [4.78, 5) is 0. The summed E-state index contributed by atoms with van der Waals surface area (Å²) in [5, 5.41) is 4.25. The van der Waals surface area contributed by atoms with E-state index >= 15 is 0 Å². The summed E-state index contributed by atoms with van der Waals surface area (Å²) < 4.78 is 5.51. The van der Waals surface area contributed by atoms with Crippen LogP contribution in [0.1, 0.15) is 32.6 Å². The van der Waals surface area contributed by atoms with Gasteiger partial charge in [0.2, 0.25) is 0 Å². The van der Waals surface area contributed by atoms with E-state index in [0.717, 1.165) is 18.2 Å². The Morgan fingerprint density at radius 1 is 1.20 bits per heavy atom. The van der Waals surface area contributed by atoms with Crippen LogP contribution in [0.3, 0.4) is 0 Å². The molecule has 2 atom stereocenters. The van der Waals surface area contributed by atoms with Crippen LogP contribution in [0.15, 0.2) is 24.3 Å². The predicted octanol–water partition coefficient (Wildman–Crippen LogP) is 3.89. The summed E-state index contributed by atoms with van der Waals surface area (Å²) in [6.45, 7) is 3.50. The fraction of sp³-hybridized carbons (Fsp3) is 0.529. The third kappa shape index (κ3) is 5.07. The monoisotopic (exact) mass is 291 g/mol. The maximum Gasteiger partial charge on any atom is 0.149 e. The molecule has 2 nitrogen and oxygen atoms in total. The van der Waals surface area contributed by atoms with Crippen LogP contribution in [0, 0.1) is 17.8 Å². The van der Waals surface area contributed by atoms with E-state index in [9.17, 15) is 0 Å². The van der Waals surface area contributed by atoms with Crippen molar-refractivity contribution in [2.24, 2.45) is 5.92 Å². The van der Waals surface area contributed by atoms with Crippen LogP contribution in [-0.4, -0.2) is 19.2 Å². The highest BCUT2D eigenvalue weighted by Gasteiger charge is 2.19. The van der Waals surface area contributed by atoms with E-state index in [1.165, 1.54) is 25.7 Å². The minimum Gasteiger partial charge on any atom is -0.481 e. The molecule has 0 spiro atoms. The summed E-state index contributed by atoms with van der Waals surface area (Å²) in [6, 6.07) is 7.97. The predicted molar refractivity (Wildman–Crippen MR) is 84.1 cm³/mol. The molecule has 1 aliphatic rings. The van der Waals surface area contributed by atoms with E-state index in [0.29, 0.717) is 17.7 Å². The average Bonchev–Trinajstić information content (AvgIpc) is 2.46. The van der Waals surface area contributed by atoms with E-state index in [-0.39, 0.29) is 0 Å². The van der Waals surface area contributed by atoms with Crippen LogP contribution in [0.4, 0.5) is 0 Å². The molecule has 1 N–H and O–H groups in total. The summed E-state index contributed by atoms with van der Waals surface area (Å²) in [5.74, 6) is 7.74. The SMILES string of the molecule is C[C@H]1CCCC[C@@H]1NCC#CCOc1ccc(Cl)cc1. The van der Waals surface area contributed by atoms with E-state index in [2.05, 4.69) is 24.1 Å². The molecule has 1 aliphatic carbocycles. The van der Waals surface area contributed by atoms with Gasteiger partial charge in [0, 0.05) is 11.1 Å². The quantitative estimate of drug-likeness (QED) is 0.850. The lowest BCUT2D eigenvalue weighted by Gasteiger charge is -2.28. The van der Waals surface area contributed by atoms with Gasteiger partial charge in [-0.05, 0) is 43.0 Å². The largest absolute Gasteiger partial charge is 0.481 e. The van der Waals surface area contributed by atoms with Gasteiger partial charge in [0.25, 0.3) is 0 Å². The molecule has 0 unspecified atom stereocenters. The highest BCUT2D eigenvalue weighted by molar-refractivity contribution is 6.30. The van der Waals surface area contributed by atoms with Gasteiger partial charge in [-0.1, -0.05) is 43.2 Å². The molecule has 1 saturated carbocycles. The van der Waals surface area contributed by atoms with Gasteiger partial charge >= 0.3 is 0 Å². The highest BCUT2D eigenvalue weighted by atomic mass is 35.5. The van der Waals surface area contributed by atoms with Crippen molar-refractivity contribution in [1.29, 1.82) is 0 Å². The molecule has 0 bridgehead atoms. The molecule has 2 rings (SSSR count). The first-order valence-corrected chi connectivity index (χ1v) is 7.71. The van der Waals surface area contributed by atoms with Crippen LogP contribution < -0.4 is 10.1 Å². The number of nitrogens with one attached hydrogen (secondary N) is 1. The number of hydrogen-bond acceptors (Lipinski definition) is 2. The van der Waals surface area contributed by atoms with Crippen molar-refractivity contribution in [3.63, 3.8) is 0 Å². The van der Waals surface area contributed by atoms with Crippen LogP contribution in [0.5, 0.6) is 5.75 Å². The zero-order chi connectivity index (χ0) is 14.2. The molecule has 0 radical (unpaired) electrons. The second-order valence-corrected chi connectivity index (χ2v) is 5.78. The lowest BCUT2D eigenvalue weighted by atomic mass is 9.86. The van der Waals surface area contributed by atoms with Crippen LogP contribution in [0.2, 0.25) is 5.02 Å². The molecule has 20 heavy (non-hydrogen) atoms. The topological polar surface area (TPSA) is 21.3 Å². The molecule has 0 saturated heterocycles. The van der Waals surface area contributed by atoms with Crippen molar-refractivity contribution < 1.29 is 4.74 Å². The maximum atomic E-state index is 5.81. The van der Waals surface area contributed by atoms with Gasteiger partial charge < -0.3 is 10.1 Å². The molecule has 1 aromatic carbocycles. The number of rotatable bonds is 4. The zero-order valence-electron chi connectivity index (χ0n) is 12.0. The highest BCUT2D eigenvalue weighted by Crippen LogP contribution is 2.23. The van der Waals surface area contributed by atoms with Gasteiger partial charge in [0.1, 0.15) is 12.4 Å². The molecular weight excluding hydrogens is 270 g/mol.